The standard InChI is InChI=1S/C16H24N2/c1-4-11-18(12-5-2)16(13-17)15-9-7-14(6-3)8-10-15/h7-10,16H,4-6,11-12H2,1-3H3. The molecule has 0 amide bonds. The fourth-order valence-corrected chi connectivity index (χ4v) is 2.25. The molecule has 0 N–H and O–H groups in total. The van der Waals surface area contributed by atoms with E-state index in [2.05, 4.69) is 56.0 Å². The highest BCUT2D eigenvalue weighted by Gasteiger charge is 2.18. The highest BCUT2D eigenvalue weighted by Crippen LogP contribution is 2.21. The van der Waals surface area contributed by atoms with E-state index in [0.717, 1.165) is 37.9 Å². The number of aryl methyl sites for hydroxylation is 1. The molecular formula is C16H24N2. The van der Waals surface area contributed by atoms with E-state index in [4.69, 9.17) is 0 Å². The van der Waals surface area contributed by atoms with Crippen LogP contribution in [0.3, 0.4) is 0 Å². The molecule has 1 atom stereocenters. The summed E-state index contributed by atoms with van der Waals surface area (Å²) in [5, 5.41) is 9.44. The van der Waals surface area contributed by atoms with Crippen LogP contribution in [0.1, 0.15) is 50.8 Å². The summed E-state index contributed by atoms with van der Waals surface area (Å²) in [6, 6.07) is 10.8. The van der Waals surface area contributed by atoms with Crippen LogP contribution in [-0.4, -0.2) is 18.0 Å². The van der Waals surface area contributed by atoms with Gasteiger partial charge in [-0.15, -0.1) is 0 Å². The van der Waals surface area contributed by atoms with Crippen LogP contribution in [0.15, 0.2) is 24.3 Å². The highest BCUT2D eigenvalue weighted by atomic mass is 15.1. The molecule has 2 heteroatoms. The second kappa shape index (κ2) is 7.89. The predicted octanol–water partition coefficient (Wildman–Crippen LogP) is 3.94. The molecule has 0 spiro atoms. The van der Waals surface area contributed by atoms with Crippen LogP contribution in [0.4, 0.5) is 0 Å². The number of hydrogen-bond donors (Lipinski definition) is 0. The molecule has 0 heterocycles. The molecule has 1 aromatic rings. The van der Waals surface area contributed by atoms with Crippen molar-refractivity contribution in [1.82, 2.24) is 4.90 Å². The molecule has 0 aliphatic heterocycles. The van der Waals surface area contributed by atoms with Gasteiger partial charge in [0.1, 0.15) is 6.04 Å². The smallest absolute Gasteiger partial charge is 0.123 e. The zero-order chi connectivity index (χ0) is 13.4. The lowest BCUT2D eigenvalue weighted by Gasteiger charge is -2.26. The van der Waals surface area contributed by atoms with Crippen LogP contribution in [-0.2, 0) is 6.42 Å². The van der Waals surface area contributed by atoms with Crippen LogP contribution >= 0.6 is 0 Å². The summed E-state index contributed by atoms with van der Waals surface area (Å²) in [5.74, 6) is 0. The van der Waals surface area contributed by atoms with E-state index in [1.165, 1.54) is 5.56 Å². The SMILES string of the molecule is CCCN(CCC)C(C#N)c1ccc(CC)cc1. The Balaban J connectivity index is 2.88. The minimum absolute atomic E-state index is 0.101. The van der Waals surface area contributed by atoms with Crippen molar-refractivity contribution in [3.8, 4) is 6.07 Å². The maximum absolute atomic E-state index is 9.44. The Kier molecular flexibility index (Phi) is 6.46. The second-order valence-corrected chi connectivity index (χ2v) is 4.66. The first-order valence-electron chi connectivity index (χ1n) is 6.99. The number of nitrogens with zero attached hydrogens (tertiary/aromatic N) is 2. The summed E-state index contributed by atoms with van der Waals surface area (Å²) >= 11 is 0. The third-order valence-corrected chi connectivity index (χ3v) is 3.21. The topological polar surface area (TPSA) is 27.0 Å². The molecule has 0 saturated carbocycles. The number of nitriles is 1. The molecule has 0 aromatic heterocycles. The quantitative estimate of drug-likeness (QED) is 0.726. The lowest BCUT2D eigenvalue weighted by molar-refractivity contribution is 0.236. The van der Waals surface area contributed by atoms with Crippen LogP contribution in [0.2, 0.25) is 0 Å². The van der Waals surface area contributed by atoms with Crippen molar-refractivity contribution in [3.05, 3.63) is 35.4 Å². The second-order valence-electron chi connectivity index (χ2n) is 4.66. The molecule has 1 unspecified atom stereocenters. The molecule has 98 valence electrons. The normalized spacial score (nSPS) is 12.4. The van der Waals surface area contributed by atoms with Crippen LogP contribution in [0.5, 0.6) is 0 Å². The van der Waals surface area contributed by atoms with E-state index in [9.17, 15) is 5.26 Å². The molecule has 0 aliphatic carbocycles. The first kappa shape index (κ1) is 14.7. The maximum atomic E-state index is 9.44. The van der Waals surface area contributed by atoms with E-state index in [-0.39, 0.29) is 6.04 Å². The lowest BCUT2D eigenvalue weighted by atomic mass is 10.0. The van der Waals surface area contributed by atoms with E-state index >= 15 is 0 Å². The summed E-state index contributed by atoms with van der Waals surface area (Å²) in [5.41, 5.74) is 2.45. The Bertz CT molecular complexity index is 369. The average molecular weight is 244 g/mol. The molecule has 1 rings (SSSR count). The fraction of sp³-hybridized carbons (Fsp3) is 0.562. The van der Waals surface area contributed by atoms with Crippen molar-refractivity contribution in [2.24, 2.45) is 0 Å². The summed E-state index contributed by atoms with van der Waals surface area (Å²) in [6.07, 6.45) is 3.22. The molecule has 18 heavy (non-hydrogen) atoms. The predicted molar refractivity (Wildman–Crippen MR) is 76.3 cm³/mol. The van der Waals surface area contributed by atoms with E-state index < -0.39 is 0 Å². The molecule has 1 aromatic carbocycles. The third kappa shape index (κ3) is 3.85. The zero-order valence-corrected chi connectivity index (χ0v) is 11.8. The summed E-state index contributed by atoms with van der Waals surface area (Å²) in [6.45, 7) is 8.45. The van der Waals surface area contributed by atoms with Crippen molar-refractivity contribution in [1.29, 1.82) is 5.26 Å². The van der Waals surface area contributed by atoms with Crippen molar-refractivity contribution >= 4 is 0 Å². The monoisotopic (exact) mass is 244 g/mol. The van der Waals surface area contributed by atoms with Gasteiger partial charge in [0.2, 0.25) is 0 Å². The Morgan fingerprint density at radius 3 is 2.00 bits per heavy atom. The van der Waals surface area contributed by atoms with Gasteiger partial charge in [-0.3, -0.25) is 4.90 Å². The molecule has 2 nitrogen and oxygen atoms in total. The Hall–Kier alpha value is -1.33. The third-order valence-electron chi connectivity index (χ3n) is 3.21. The van der Waals surface area contributed by atoms with Gasteiger partial charge in [-0.25, -0.2) is 0 Å². The molecule has 0 aliphatic rings. The van der Waals surface area contributed by atoms with Crippen molar-refractivity contribution < 1.29 is 0 Å². The Morgan fingerprint density at radius 1 is 1.06 bits per heavy atom. The maximum Gasteiger partial charge on any atom is 0.123 e. The van der Waals surface area contributed by atoms with Crippen molar-refractivity contribution in [3.63, 3.8) is 0 Å². The molecule has 0 saturated heterocycles. The first-order chi connectivity index (χ1) is 8.76. The molecule has 0 bridgehead atoms. The summed E-state index contributed by atoms with van der Waals surface area (Å²) in [7, 11) is 0. The number of hydrogen-bond acceptors (Lipinski definition) is 2. The minimum Gasteiger partial charge on any atom is -0.284 e. The van der Waals surface area contributed by atoms with Gasteiger partial charge in [0.25, 0.3) is 0 Å². The molecule has 0 fully saturated rings. The Labute approximate surface area is 111 Å². The van der Waals surface area contributed by atoms with Crippen LogP contribution in [0, 0.1) is 11.3 Å². The lowest BCUT2D eigenvalue weighted by Crippen LogP contribution is -2.29. The van der Waals surface area contributed by atoms with Crippen molar-refractivity contribution in [2.75, 3.05) is 13.1 Å². The van der Waals surface area contributed by atoms with Gasteiger partial charge in [0.15, 0.2) is 0 Å². The van der Waals surface area contributed by atoms with Crippen LogP contribution in [0.25, 0.3) is 0 Å². The largest absolute Gasteiger partial charge is 0.284 e. The zero-order valence-electron chi connectivity index (χ0n) is 11.8. The molecular weight excluding hydrogens is 220 g/mol. The number of benzene rings is 1. The fourth-order valence-electron chi connectivity index (χ4n) is 2.25. The highest BCUT2D eigenvalue weighted by molar-refractivity contribution is 5.28. The van der Waals surface area contributed by atoms with E-state index in [1.54, 1.807) is 0 Å². The van der Waals surface area contributed by atoms with E-state index in [1.807, 2.05) is 0 Å². The summed E-state index contributed by atoms with van der Waals surface area (Å²) in [4.78, 5) is 2.28. The molecule has 0 radical (unpaired) electrons. The number of rotatable bonds is 7. The van der Waals surface area contributed by atoms with Gasteiger partial charge in [-0.05, 0) is 43.5 Å². The first-order valence-corrected chi connectivity index (χ1v) is 6.99. The average Bonchev–Trinajstić information content (AvgIpc) is 2.41. The van der Waals surface area contributed by atoms with Gasteiger partial charge < -0.3 is 0 Å². The Morgan fingerprint density at radius 2 is 1.61 bits per heavy atom. The summed E-state index contributed by atoms with van der Waals surface area (Å²) < 4.78 is 0. The minimum atomic E-state index is -0.101. The van der Waals surface area contributed by atoms with Gasteiger partial charge in [0, 0.05) is 0 Å². The van der Waals surface area contributed by atoms with Crippen molar-refractivity contribution in [2.45, 2.75) is 46.1 Å². The van der Waals surface area contributed by atoms with Gasteiger partial charge in [-0.2, -0.15) is 5.26 Å². The van der Waals surface area contributed by atoms with Gasteiger partial charge in [-0.1, -0.05) is 45.0 Å². The van der Waals surface area contributed by atoms with Crippen LogP contribution < -0.4 is 0 Å². The van der Waals surface area contributed by atoms with E-state index in [0.29, 0.717) is 0 Å². The van der Waals surface area contributed by atoms with Gasteiger partial charge in [0.05, 0.1) is 6.07 Å². The van der Waals surface area contributed by atoms with Gasteiger partial charge >= 0.3 is 0 Å².